The second kappa shape index (κ2) is 8.14. The van der Waals surface area contributed by atoms with Crippen LogP contribution in [-0.4, -0.2) is 63.8 Å². The molecular formula is C21H24FN3O4S. The number of benzene rings is 2. The summed E-state index contributed by atoms with van der Waals surface area (Å²) in [5.74, 6) is -0.170. The summed E-state index contributed by atoms with van der Waals surface area (Å²) in [6, 6.07) is 13.2. The van der Waals surface area contributed by atoms with Gasteiger partial charge in [-0.2, -0.15) is 0 Å². The first-order valence-corrected chi connectivity index (χ1v) is 11.6. The monoisotopic (exact) mass is 433 g/mol. The Morgan fingerprint density at radius 1 is 1.07 bits per heavy atom. The number of anilines is 2. The summed E-state index contributed by atoms with van der Waals surface area (Å²) >= 11 is 0. The van der Waals surface area contributed by atoms with E-state index in [1.165, 1.54) is 16.4 Å². The Kier molecular flexibility index (Phi) is 5.55. The van der Waals surface area contributed by atoms with E-state index in [2.05, 4.69) is 4.90 Å². The fourth-order valence-corrected chi connectivity index (χ4v) is 4.92. The minimum Gasteiger partial charge on any atom is -0.476 e. The summed E-state index contributed by atoms with van der Waals surface area (Å²) in [4.78, 5) is 16.9. The number of ether oxygens (including phenoxy) is 1. The molecule has 7 nitrogen and oxygen atoms in total. The number of carbonyl (C=O) groups is 1. The van der Waals surface area contributed by atoms with Crippen molar-refractivity contribution >= 4 is 27.3 Å². The molecule has 9 heteroatoms. The van der Waals surface area contributed by atoms with Crippen LogP contribution in [0.3, 0.4) is 0 Å². The summed E-state index contributed by atoms with van der Waals surface area (Å²) in [5.41, 5.74) is 1.37. The fourth-order valence-electron chi connectivity index (χ4n) is 3.79. The van der Waals surface area contributed by atoms with Crippen LogP contribution in [-0.2, 0) is 14.8 Å². The Hall–Kier alpha value is -2.81. The fraction of sp³-hybridized carbons (Fsp3) is 0.381. The Labute approximate surface area is 175 Å². The maximum Gasteiger partial charge on any atom is 0.265 e. The number of carbonyl (C=O) groups excluding carboxylic acids is 1. The average molecular weight is 434 g/mol. The van der Waals surface area contributed by atoms with E-state index in [1.807, 2.05) is 0 Å². The van der Waals surface area contributed by atoms with E-state index < -0.39 is 16.1 Å². The number of nitrogens with zero attached hydrogens (tertiary/aromatic N) is 3. The van der Waals surface area contributed by atoms with E-state index in [-0.39, 0.29) is 24.0 Å². The third-order valence-corrected chi connectivity index (χ3v) is 7.24. The van der Waals surface area contributed by atoms with Crippen LogP contribution in [0.1, 0.15) is 6.92 Å². The number of fused-ring (bicyclic) bond motifs is 1. The molecule has 0 aliphatic carbocycles. The van der Waals surface area contributed by atoms with E-state index in [4.69, 9.17) is 4.74 Å². The summed E-state index contributed by atoms with van der Waals surface area (Å²) in [6.45, 7) is 3.73. The molecule has 30 heavy (non-hydrogen) atoms. The van der Waals surface area contributed by atoms with Crippen molar-refractivity contribution in [2.45, 2.75) is 13.0 Å². The quantitative estimate of drug-likeness (QED) is 0.739. The molecule has 0 bridgehead atoms. The molecular weight excluding hydrogens is 409 g/mol. The van der Waals surface area contributed by atoms with Crippen LogP contribution in [0.4, 0.5) is 15.8 Å². The molecule has 1 fully saturated rings. The van der Waals surface area contributed by atoms with Gasteiger partial charge in [0.15, 0.2) is 6.10 Å². The lowest BCUT2D eigenvalue weighted by Gasteiger charge is -2.40. The second-order valence-electron chi connectivity index (χ2n) is 7.29. The van der Waals surface area contributed by atoms with Crippen molar-refractivity contribution in [3.05, 3.63) is 54.3 Å². The molecule has 0 aromatic heterocycles. The molecule has 0 unspecified atom stereocenters. The van der Waals surface area contributed by atoms with Gasteiger partial charge in [-0.1, -0.05) is 12.1 Å². The van der Waals surface area contributed by atoms with Gasteiger partial charge < -0.3 is 14.5 Å². The Bertz CT molecular complexity index is 1020. The predicted octanol–water partition coefficient (Wildman–Crippen LogP) is 2.09. The number of hydrogen-bond donors (Lipinski definition) is 0. The molecule has 0 N–H and O–H groups in total. The molecule has 1 saturated heterocycles. The molecule has 0 radical (unpaired) electrons. The molecule has 4 rings (SSSR count). The highest BCUT2D eigenvalue weighted by molar-refractivity contribution is 7.92. The van der Waals surface area contributed by atoms with Gasteiger partial charge in [-0.3, -0.25) is 9.10 Å². The summed E-state index contributed by atoms with van der Waals surface area (Å²) < 4.78 is 45.5. The van der Waals surface area contributed by atoms with Gasteiger partial charge in [0.2, 0.25) is 10.0 Å². The first-order valence-electron chi connectivity index (χ1n) is 9.94. The molecule has 2 aliphatic heterocycles. The van der Waals surface area contributed by atoms with Gasteiger partial charge in [0.05, 0.1) is 18.0 Å². The van der Waals surface area contributed by atoms with Crippen molar-refractivity contribution in [2.75, 3.05) is 47.7 Å². The second-order valence-corrected chi connectivity index (χ2v) is 9.48. The van der Waals surface area contributed by atoms with Crippen LogP contribution >= 0.6 is 0 Å². The van der Waals surface area contributed by atoms with Crippen molar-refractivity contribution in [1.82, 2.24) is 4.90 Å². The zero-order valence-corrected chi connectivity index (χ0v) is 17.5. The van der Waals surface area contributed by atoms with Gasteiger partial charge in [-0.15, -0.1) is 0 Å². The van der Waals surface area contributed by atoms with Crippen molar-refractivity contribution in [3.63, 3.8) is 0 Å². The Balaban J connectivity index is 1.47. The van der Waals surface area contributed by atoms with Gasteiger partial charge in [0.1, 0.15) is 11.6 Å². The van der Waals surface area contributed by atoms with E-state index in [0.29, 0.717) is 37.6 Å². The van der Waals surface area contributed by atoms with Crippen LogP contribution in [0.5, 0.6) is 5.75 Å². The van der Waals surface area contributed by atoms with E-state index >= 15 is 0 Å². The van der Waals surface area contributed by atoms with Crippen LogP contribution in [0.25, 0.3) is 0 Å². The number of amides is 1. The van der Waals surface area contributed by atoms with Crippen LogP contribution < -0.4 is 13.9 Å². The van der Waals surface area contributed by atoms with Crippen molar-refractivity contribution in [1.29, 1.82) is 0 Å². The third kappa shape index (κ3) is 3.94. The maximum absolute atomic E-state index is 13.1. The van der Waals surface area contributed by atoms with Crippen molar-refractivity contribution in [2.24, 2.45) is 0 Å². The number of piperazine rings is 1. The van der Waals surface area contributed by atoms with Crippen LogP contribution in [0.15, 0.2) is 48.5 Å². The molecule has 1 atom stereocenters. The zero-order chi connectivity index (χ0) is 21.3. The summed E-state index contributed by atoms with van der Waals surface area (Å²) in [6.07, 6.45) is -0.890. The standard InChI is InChI=1S/C21H24FN3O4S/c1-2-30(27,28)25-15-20(29-19-6-4-3-5-18(19)25)21(26)24-13-11-23(12-14-24)17-9-7-16(22)8-10-17/h3-10,20H,2,11-15H2,1H3/t20-/m1/s1. The first-order chi connectivity index (χ1) is 14.4. The number of hydrogen-bond acceptors (Lipinski definition) is 5. The van der Waals surface area contributed by atoms with Crippen molar-refractivity contribution in [3.8, 4) is 5.75 Å². The van der Waals surface area contributed by atoms with E-state index in [9.17, 15) is 17.6 Å². The normalized spacial score (nSPS) is 19.3. The molecule has 2 aliphatic rings. The average Bonchev–Trinajstić information content (AvgIpc) is 2.78. The molecule has 0 spiro atoms. The highest BCUT2D eigenvalue weighted by Gasteiger charge is 2.38. The van der Waals surface area contributed by atoms with E-state index in [0.717, 1.165) is 5.69 Å². The largest absolute Gasteiger partial charge is 0.476 e. The molecule has 2 aromatic rings. The smallest absolute Gasteiger partial charge is 0.265 e. The SMILES string of the molecule is CCS(=O)(=O)N1C[C@H](C(=O)N2CCN(c3ccc(F)cc3)CC2)Oc2ccccc21. The number of halogens is 1. The molecule has 160 valence electrons. The van der Waals surface area contributed by atoms with Gasteiger partial charge in [0.25, 0.3) is 5.91 Å². The Morgan fingerprint density at radius 3 is 2.40 bits per heavy atom. The lowest BCUT2D eigenvalue weighted by atomic mass is 10.2. The number of para-hydroxylation sites is 2. The van der Waals surface area contributed by atoms with Gasteiger partial charge in [0, 0.05) is 31.9 Å². The first kappa shape index (κ1) is 20.5. The number of rotatable bonds is 4. The molecule has 0 saturated carbocycles. The minimum absolute atomic E-state index is 0.0375. The van der Waals surface area contributed by atoms with Gasteiger partial charge in [-0.25, -0.2) is 12.8 Å². The van der Waals surface area contributed by atoms with Crippen LogP contribution in [0, 0.1) is 5.82 Å². The lowest BCUT2D eigenvalue weighted by molar-refractivity contribution is -0.138. The summed E-state index contributed by atoms with van der Waals surface area (Å²) in [5, 5.41) is 0. The molecule has 2 aromatic carbocycles. The van der Waals surface area contributed by atoms with Gasteiger partial charge in [-0.05, 0) is 43.3 Å². The van der Waals surface area contributed by atoms with Crippen molar-refractivity contribution < 1.29 is 22.3 Å². The van der Waals surface area contributed by atoms with Gasteiger partial charge >= 0.3 is 0 Å². The highest BCUT2D eigenvalue weighted by atomic mass is 32.2. The lowest BCUT2D eigenvalue weighted by Crippen LogP contribution is -2.56. The maximum atomic E-state index is 13.1. The minimum atomic E-state index is -3.54. The third-order valence-electron chi connectivity index (χ3n) is 5.49. The topological polar surface area (TPSA) is 70.2 Å². The highest BCUT2D eigenvalue weighted by Crippen LogP contribution is 2.35. The van der Waals surface area contributed by atoms with E-state index in [1.54, 1.807) is 48.2 Å². The zero-order valence-electron chi connectivity index (χ0n) is 16.7. The molecule has 2 heterocycles. The molecule has 1 amide bonds. The number of sulfonamides is 1. The summed E-state index contributed by atoms with van der Waals surface area (Å²) in [7, 11) is -3.54. The van der Waals surface area contributed by atoms with Crippen LogP contribution in [0.2, 0.25) is 0 Å². The Morgan fingerprint density at radius 2 is 1.73 bits per heavy atom. The predicted molar refractivity (Wildman–Crippen MR) is 113 cm³/mol.